The van der Waals surface area contributed by atoms with Gasteiger partial charge in [0.05, 0.1) is 6.33 Å². The van der Waals surface area contributed by atoms with Gasteiger partial charge < -0.3 is 20.3 Å². The van der Waals surface area contributed by atoms with Gasteiger partial charge >= 0.3 is 0 Å². The van der Waals surface area contributed by atoms with Crippen molar-refractivity contribution in [2.45, 2.75) is 45.3 Å². The van der Waals surface area contributed by atoms with E-state index in [-0.39, 0.29) is 10.7 Å². The molecule has 3 heterocycles. The van der Waals surface area contributed by atoms with Crippen molar-refractivity contribution < 1.29 is 19.3 Å². The summed E-state index contributed by atoms with van der Waals surface area (Å²) in [4.78, 5) is 12.6. The van der Waals surface area contributed by atoms with Crippen molar-refractivity contribution in [3.8, 4) is 0 Å². The van der Waals surface area contributed by atoms with E-state index >= 15 is 0 Å². The minimum atomic E-state index is -1.33. The van der Waals surface area contributed by atoms with Crippen molar-refractivity contribution >= 4 is 28.6 Å². The maximum absolute atomic E-state index is 12.9. The lowest BCUT2D eigenvalue weighted by molar-refractivity contribution is -0.0409. The second-order valence-electron chi connectivity index (χ2n) is 7.28. The van der Waals surface area contributed by atoms with Gasteiger partial charge in [0.15, 0.2) is 23.2 Å². The number of hydrogen-bond donors (Lipinski definition) is 3. The Bertz CT molecular complexity index is 765. The van der Waals surface area contributed by atoms with E-state index in [0.717, 1.165) is 0 Å². The fraction of sp³-hybridized carbons (Fsp3) is 0.667. The second-order valence-corrected chi connectivity index (χ2v) is 7.62. The maximum atomic E-state index is 12.9. The zero-order valence-electron chi connectivity index (χ0n) is 14.1. The predicted octanol–water partition coefficient (Wildman–Crippen LogP) is 1.53. The van der Waals surface area contributed by atoms with Crippen LogP contribution in [-0.4, -0.2) is 61.3 Å². The molecule has 2 unspecified atom stereocenters. The van der Waals surface area contributed by atoms with Gasteiger partial charge in [0.1, 0.15) is 25.0 Å². The third-order valence-corrected chi connectivity index (χ3v) is 4.11. The Morgan fingerprint density at radius 1 is 1.32 bits per heavy atom. The van der Waals surface area contributed by atoms with E-state index in [4.69, 9.17) is 16.3 Å². The monoisotopic (exact) mass is 373 g/mol. The van der Waals surface area contributed by atoms with Crippen LogP contribution in [0.5, 0.6) is 0 Å². The molecule has 0 bridgehead atoms. The number of aliphatic hydroxyl groups is 2. The second kappa shape index (κ2) is 6.64. The summed E-state index contributed by atoms with van der Waals surface area (Å²) < 4.78 is 19.7. The first-order chi connectivity index (χ1) is 11.7. The number of halogens is 2. The first kappa shape index (κ1) is 18.2. The molecule has 2 aromatic heterocycles. The number of hydrogen-bond acceptors (Lipinski definition) is 7. The maximum Gasteiger partial charge on any atom is 0.226 e. The van der Waals surface area contributed by atoms with Crippen molar-refractivity contribution in [2.24, 2.45) is 5.41 Å². The topological polar surface area (TPSA) is 105 Å². The first-order valence-electron chi connectivity index (χ1n) is 7.93. The lowest BCUT2D eigenvalue weighted by Crippen LogP contribution is -2.32. The molecule has 1 aliphatic rings. The minimum absolute atomic E-state index is 0.000681. The highest BCUT2D eigenvalue weighted by Crippen LogP contribution is 2.33. The van der Waals surface area contributed by atoms with E-state index in [2.05, 4.69) is 41.0 Å². The van der Waals surface area contributed by atoms with Crippen LogP contribution in [0.3, 0.4) is 0 Å². The number of anilines is 1. The molecule has 25 heavy (non-hydrogen) atoms. The van der Waals surface area contributed by atoms with Crippen LogP contribution in [0.2, 0.25) is 5.28 Å². The highest BCUT2D eigenvalue weighted by molar-refractivity contribution is 6.28. The van der Waals surface area contributed by atoms with Gasteiger partial charge in [-0.25, -0.2) is 9.37 Å². The van der Waals surface area contributed by atoms with Gasteiger partial charge in [-0.15, -0.1) is 0 Å². The largest absolute Gasteiger partial charge is 0.387 e. The lowest BCUT2D eigenvalue weighted by atomic mass is 9.97. The number of aromatic nitrogens is 4. The highest BCUT2D eigenvalue weighted by atomic mass is 35.5. The van der Waals surface area contributed by atoms with Crippen molar-refractivity contribution in [1.29, 1.82) is 0 Å². The summed E-state index contributed by atoms with van der Waals surface area (Å²) in [5.74, 6) is 0.457. The summed E-state index contributed by atoms with van der Waals surface area (Å²) in [5, 5.41) is 23.2. The number of ether oxygens (including phenoxy) is 1. The zero-order chi connectivity index (χ0) is 18.4. The molecule has 4 atom stereocenters. The molecule has 2 aromatic rings. The summed E-state index contributed by atoms with van der Waals surface area (Å²) in [6.07, 6.45) is -3.35. The van der Waals surface area contributed by atoms with Crippen LogP contribution in [0.4, 0.5) is 10.2 Å². The minimum Gasteiger partial charge on any atom is -0.387 e. The van der Waals surface area contributed by atoms with E-state index in [9.17, 15) is 14.6 Å². The van der Waals surface area contributed by atoms with E-state index in [1.807, 2.05) is 0 Å². The number of imidazole rings is 1. The fourth-order valence-corrected chi connectivity index (χ4v) is 2.80. The molecule has 0 radical (unpaired) electrons. The van der Waals surface area contributed by atoms with E-state index < -0.39 is 31.2 Å². The molecule has 0 aromatic carbocycles. The molecule has 0 amide bonds. The highest BCUT2D eigenvalue weighted by Gasteiger charge is 2.44. The zero-order valence-corrected chi connectivity index (χ0v) is 14.9. The molecule has 0 spiro atoms. The number of nitrogens with one attached hydrogen (secondary N) is 1. The van der Waals surface area contributed by atoms with Crippen LogP contribution in [-0.2, 0) is 4.74 Å². The Morgan fingerprint density at radius 2 is 2.04 bits per heavy atom. The summed E-state index contributed by atoms with van der Waals surface area (Å²) in [6.45, 7) is 5.93. The molecule has 0 saturated carbocycles. The summed E-state index contributed by atoms with van der Waals surface area (Å²) >= 11 is 6.01. The molecular weight excluding hydrogens is 353 g/mol. The normalized spacial score (nSPS) is 27.2. The Kier molecular flexibility index (Phi) is 4.84. The molecule has 1 fully saturated rings. The van der Waals surface area contributed by atoms with Gasteiger partial charge in [-0.3, -0.25) is 4.57 Å². The summed E-state index contributed by atoms with van der Waals surface area (Å²) in [6, 6.07) is 0. The molecular formula is C15H21ClFN5O3. The average Bonchev–Trinajstić information content (AvgIpc) is 3.06. The lowest BCUT2D eigenvalue weighted by Gasteiger charge is -2.19. The van der Waals surface area contributed by atoms with Crippen molar-refractivity contribution in [1.82, 2.24) is 19.5 Å². The van der Waals surface area contributed by atoms with Gasteiger partial charge in [-0.2, -0.15) is 9.97 Å². The molecule has 1 saturated heterocycles. The van der Waals surface area contributed by atoms with Crippen LogP contribution in [0, 0.1) is 5.41 Å². The third kappa shape index (κ3) is 3.55. The van der Waals surface area contributed by atoms with Crippen molar-refractivity contribution in [3.63, 3.8) is 0 Å². The molecule has 1 aliphatic heterocycles. The van der Waals surface area contributed by atoms with Crippen LogP contribution in [0.15, 0.2) is 6.33 Å². The van der Waals surface area contributed by atoms with Crippen LogP contribution >= 0.6 is 11.6 Å². The van der Waals surface area contributed by atoms with E-state index in [1.54, 1.807) is 0 Å². The van der Waals surface area contributed by atoms with Crippen LogP contribution in [0.25, 0.3) is 11.2 Å². The van der Waals surface area contributed by atoms with Gasteiger partial charge in [0.2, 0.25) is 5.28 Å². The Labute approximate surface area is 149 Å². The van der Waals surface area contributed by atoms with Gasteiger partial charge in [0, 0.05) is 6.54 Å². The molecule has 3 N–H and O–H groups in total. The number of fused-ring (bicyclic) bond motifs is 1. The van der Waals surface area contributed by atoms with E-state index in [0.29, 0.717) is 23.5 Å². The quantitative estimate of drug-likeness (QED) is 0.698. The van der Waals surface area contributed by atoms with Gasteiger partial charge in [0.25, 0.3) is 0 Å². The van der Waals surface area contributed by atoms with Crippen molar-refractivity contribution in [2.75, 3.05) is 18.5 Å². The standard InChI is InChI=1S/C15H21ClFN5O3/c1-15(2,3)5-18-11-8-12(21-14(16)20-11)22(6-19-8)13-10(24)9(23)7(4-17)25-13/h6-7,9-10,13,23-24H,4-5H2,1-3H3,(H,18,20,21)/t7-,9?,10?,13-/m1/s1. The van der Waals surface area contributed by atoms with Crippen molar-refractivity contribution in [3.05, 3.63) is 11.6 Å². The summed E-state index contributed by atoms with van der Waals surface area (Å²) in [5.41, 5.74) is 0.782. The fourth-order valence-electron chi connectivity index (χ4n) is 2.63. The van der Waals surface area contributed by atoms with Crippen LogP contribution in [0.1, 0.15) is 27.0 Å². The van der Waals surface area contributed by atoms with E-state index in [1.165, 1.54) is 10.9 Å². The predicted molar refractivity (Wildman–Crippen MR) is 90.2 cm³/mol. The molecule has 3 rings (SSSR count). The Morgan fingerprint density at radius 3 is 2.64 bits per heavy atom. The first-order valence-corrected chi connectivity index (χ1v) is 8.30. The van der Waals surface area contributed by atoms with Gasteiger partial charge in [-0.1, -0.05) is 20.8 Å². The molecule has 8 nitrogen and oxygen atoms in total. The molecule has 138 valence electrons. The number of alkyl halides is 1. The Balaban J connectivity index is 1.98. The number of nitrogens with zero attached hydrogens (tertiary/aromatic N) is 4. The summed E-state index contributed by atoms with van der Waals surface area (Å²) in [7, 11) is 0. The third-order valence-electron chi connectivity index (χ3n) is 3.94. The SMILES string of the molecule is CC(C)(C)CNc1nc(Cl)nc2c1ncn2[C@@H]1O[C@H](CF)C(O)C1O. The average molecular weight is 374 g/mol. The molecule has 0 aliphatic carbocycles. The Hall–Kier alpha value is -1.55. The molecule has 10 heteroatoms. The van der Waals surface area contributed by atoms with Gasteiger partial charge in [-0.05, 0) is 17.0 Å². The number of aliphatic hydroxyl groups excluding tert-OH is 2. The van der Waals surface area contributed by atoms with Crippen LogP contribution < -0.4 is 5.32 Å². The number of rotatable bonds is 4. The smallest absolute Gasteiger partial charge is 0.226 e.